The van der Waals surface area contributed by atoms with Crippen LogP contribution in [0.5, 0.6) is 0 Å². The van der Waals surface area contributed by atoms with Crippen molar-refractivity contribution in [1.82, 2.24) is 10.3 Å². The molecule has 2 N–H and O–H groups in total. The molecule has 0 saturated heterocycles. The molecule has 1 unspecified atom stereocenters. The maximum Gasteiger partial charge on any atom is 0.271 e. The molecular formula is C20H20ClN3OS. The summed E-state index contributed by atoms with van der Waals surface area (Å²) in [7, 11) is 0. The lowest BCUT2D eigenvalue weighted by Crippen LogP contribution is -2.33. The van der Waals surface area contributed by atoms with Gasteiger partial charge in [-0.15, -0.1) is 11.3 Å². The Labute approximate surface area is 162 Å². The molecule has 0 fully saturated rings. The highest BCUT2D eigenvalue weighted by atomic mass is 35.5. The largest absolute Gasteiger partial charge is 0.348 e. The lowest BCUT2D eigenvalue weighted by molar-refractivity contribution is 0.0934. The molecule has 1 aromatic heterocycles. The van der Waals surface area contributed by atoms with Crippen LogP contribution in [0.15, 0.2) is 60.0 Å². The Morgan fingerprint density at radius 2 is 1.88 bits per heavy atom. The zero-order valence-electron chi connectivity index (χ0n) is 14.4. The van der Waals surface area contributed by atoms with E-state index in [9.17, 15) is 4.79 Å². The minimum atomic E-state index is -0.158. The summed E-state index contributed by atoms with van der Waals surface area (Å²) in [4.78, 5) is 16.7. The van der Waals surface area contributed by atoms with Crippen LogP contribution in [-0.4, -0.2) is 16.9 Å². The van der Waals surface area contributed by atoms with Crippen molar-refractivity contribution in [3.05, 3.63) is 76.3 Å². The third kappa shape index (κ3) is 5.07. The number of carbonyl (C=O) groups is 1. The molecule has 0 aliphatic heterocycles. The molecule has 26 heavy (non-hydrogen) atoms. The van der Waals surface area contributed by atoms with Crippen LogP contribution in [0.1, 0.15) is 29.4 Å². The molecule has 134 valence electrons. The highest BCUT2D eigenvalue weighted by molar-refractivity contribution is 7.14. The van der Waals surface area contributed by atoms with Crippen molar-refractivity contribution in [2.75, 3.05) is 5.32 Å². The Morgan fingerprint density at radius 1 is 1.15 bits per heavy atom. The number of benzene rings is 2. The number of nitrogens with zero attached hydrogens (tertiary/aromatic N) is 1. The third-order valence-corrected chi connectivity index (χ3v) is 5.03. The predicted molar refractivity (Wildman–Crippen MR) is 109 cm³/mol. The monoisotopic (exact) mass is 385 g/mol. The number of rotatable bonds is 7. The lowest BCUT2D eigenvalue weighted by Gasteiger charge is -2.12. The number of hydrogen-bond acceptors (Lipinski definition) is 4. The fraction of sp³-hybridized carbons (Fsp3) is 0.200. The Bertz CT molecular complexity index is 866. The summed E-state index contributed by atoms with van der Waals surface area (Å²) >= 11 is 7.51. The zero-order valence-corrected chi connectivity index (χ0v) is 16.0. The van der Waals surface area contributed by atoms with Crippen molar-refractivity contribution in [3.63, 3.8) is 0 Å². The van der Waals surface area contributed by atoms with Crippen molar-refractivity contribution in [3.8, 4) is 0 Å². The Morgan fingerprint density at radius 3 is 2.65 bits per heavy atom. The van der Waals surface area contributed by atoms with Crippen molar-refractivity contribution in [1.29, 1.82) is 0 Å². The van der Waals surface area contributed by atoms with Gasteiger partial charge in [0, 0.05) is 11.4 Å². The number of amides is 1. The molecule has 3 aromatic rings. The summed E-state index contributed by atoms with van der Waals surface area (Å²) in [5, 5.41) is 9.15. The first-order valence-electron chi connectivity index (χ1n) is 8.43. The van der Waals surface area contributed by atoms with Gasteiger partial charge >= 0.3 is 0 Å². The fourth-order valence-electron chi connectivity index (χ4n) is 2.51. The van der Waals surface area contributed by atoms with Crippen LogP contribution in [0.2, 0.25) is 5.02 Å². The van der Waals surface area contributed by atoms with Crippen molar-refractivity contribution >= 4 is 39.7 Å². The molecular weight excluding hydrogens is 366 g/mol. The van der Waals surface area contributed by atoms with Gasteiger partial charge in [-0.2, -0.15) is 0 Å². The van der Waals surface area contributed by atoms with E-state index in [0.717, 1.165) is 18.5 Å². The van der Waals surface area contributed by atoms with Crippen molar-refractivity contribution < 1.29 is 4.79 Å². The second-order valence-electron chi connectivity index (χ2n) is 6.04. The molecule has 0 saturated carbocycles. The molecule has 6 heteroatoms. The second-order valence-corrected chi connectivity index (χ2v) is 7.31. The van der Waals surface area contributed by atoms with Gasteiger partial charge in [-0.25, -0.2) is 4.98 Å². The Kier molecular flexibility index (Phi) is 6.26. The number of carbonyl (C=O) groups excluding carboxylic acids is 1. The van der Waals surface area contributed by atoms with Gasteiger partial charge in [0.05, 0.1) is 10.7 Å². The van der Waals surface area contributed by atoms with E-state index < -0.39 is 0 Å². The molecule has 0 aliphatic rings. The fourth-order valence-corrected chi connectivity index (χ4v) is 3.40. The quantitative estimate of drug-likeness (QED) is 0.580. The molecule has 4 nitrogen and oxygen atoms in total. The first kappa shape index (κ1) is 18.4. The van der Waals surface area contributed by atoms with Gasteiger partial charge in [-0.05, 0) is 37.5 Å². The highest BCUT2D eigenvalue weighted by Gasteiger charge is 2.14. The second kappa shape index (κ2) is 8.83. The van der Waals surface area contributed by atoms with Crippen LogP contribution in [0.25, 0.3) is 0 Å². The van der Waals surface area contributed by atoms with Gasteiger partial charge < -0.3 is 10.6 Å². The van der Waals surface area contributed by atoms with Crippen LogP contribution >= 0.6 is 22.9 Å². The van der Waals surface area contributed by atoms with E-state index in [1.54, 1.807) is 11.4 Å². The number of halogens is 1. The third-order valence-electron chi connectivity index (χ3n) is 3.94. The smallest absolute Gasteiger partial charge is 0.271 e. The number of thiazole rings is 1. The minimum absolute atomic E-state index is 0.0735. The molecule has 0 radical (unpaired) electrons. The van der Waals surface area contributed by atoms with Crippen LogP contribution < -0.4 is 10.6 Å². The van der Waals surface area contributed by atoms with Gasteiger partial charge in [-0.1, -0.05) is 54.1 Å². The van der Waals surface area contributed by atoms with E-state index in [1.807, 2.05) is 43.3 Å². The lowest BCUT2D eigenvalue weighted by atomic mass is 10.1. The molecule has 2 aromatic carbocycles. The molecule has 0 spiro atoms. The zero-order chi connectivity index (χ0) is 18.4. The average molecular weight is 386 g/mol. The van der Waals surface area contributed by atoms with Gasteiger partial charge in [0.2, 0.25) is 0 Å². The van der Waals surface area contributed by atoms with Crippen LogP contribution in [0.3, 0.4) is 0 Å². The van der Waals surface area contributed by atoms with Crippen LogP contribution in [0.4, 0.5) is 10.8 Å². The standard InChI is InChI=1S/C20H20ClN3OS/c1-14(11-12-15-7-3-2-4-8-15)22-19(25)18-13-26-20(24-18)23-17-10-6-5-9-16(17)21/h2-10,13-14H,11-12H2,1H3,(H,22,25)(H,23,24). The number of hydrogen-bond donors (Lipinski definition) is 2. The molecule has 1 atom stereocenters. The van der Waals surface area contributed by atoms with E-state index in [2.05, 4.69) is 27.8 Å². The van der Waals surface area contributed by atoms with E-state index in [-0.39, 0.29) is 11.9 Å². The Hall–Kier alpha value is -2.37. The molecule has 1 amide bonds. The van der Waals surface area contributed by atoms with E-state index in [1.165, 1.54) is 16.9 Å². The first-order valence-corrected chi connectivity index (χ1v) is 9.69. The van der Waals surface area contributed by atoms with Gasteiger partial charge in [0.25, 0.3) is 5.91 Å². The molecule has 0 aliphatic carbocycles. The van der Waals surface area contributed by atoms with Crippen molar-refractivity contribution in [2.45, 2.75) is 25.8 Å². The molecule has 3 rings (SSSR count). The topological polar surface area (TPSA) is 54.0 Å². The summed E-state index contributed by atoms with van der Waals surface area (Å²) in [5.74, 6) is -0.158. The Balaban J connectivity index is 1.53. The summed E-state index contributed by atoms with van der Waals surface area (Å²) in [6, 6.07) is 17.8. The minimum Gasteiger partial charge on any atom is -0.348 e. The number of nitrogens with one attached hydrogen (secondary N) is 2. The summed E-state index contributed by atoms with van der Waals surface area (Å²) in [6.45, 7) is 2.01. The maximum atomic E-state index is 12.4. The predicted octanol–water partition coefficient (Wildman–Crippen LogP) is 5.29. The molecule has 0 bridgehead atoms. The summed E-state index contributed by atoms with van der Waals surface area (Å²) in [5.41, 5.74) is 2.45. The van der Waals surface area contributed by atoms with Crippen molar-refractivity contribution in [2.24, 2.45) is 0 Å². The summed E-state index contributed by atoms with van der Waals surface area (Å²) in [6.07, 6.45) is 1.81. The number of anilines is 2. The van der Waals surface area contributed by atoms with E-state index in [4.69, 9.17) is 11.6 Å². The van der Waals surface area contributed by atoms with Gasteiger partial charge in [0.1, 0.15) is 5.69 Å². The highest BCUT2D eigenvalue weighted by Crippen LogP contribution is 2.26. The molecule has 1 heterocycles. The van der Waals surface area contributed by atoms with Gasteiger partial charge in [-0.3, -0.25) is 4.79 Å². The summed E-state index contributed by atoms with van der Waals surface area (Å²) < 4.78 is 0. The maximum absolute atomic E-state index is 12.4. The number of aryl methyl sites for hydroxylation is 1. The van der Waals surface area contributed by atoms with E-state index >= 15 is 0 Å². The van der Waals surface area contributed by atoms with Crippen LogP contribution in [-0.2, 0) is 6.42 Å². The van der Waals surface area contributed by atoms with Gasteiger partial charge in [0.15, 0.2) is 5.13 Å². The average Bonchev–Trinajstić information content (AvgIpc) is 3.12. The normalized spacial score (nSPS) is 11.8. The van der Waals surface area contributed by atoms with E-state index in [0.29, 0.717) is 15.8 Å². The number of para-hydroxylation sites is 1. The first-order chi connectivity index (χ1) is 12.6. The number of aromatic nitrogens is 1. The SMILES string of the molecule is CC(CCc1ccccc1)NC(=O)c1csc(Nc2ccccc2Cl)n1. The van der Waals surface area contributed by atoms with Crippen LogP contribution in [0, 0.1) is 0 Å².